The molecule has 0 aromatic carbocycles. The molecule has 3 rings (SSSR count). The summed E-state index contributed by atoms with van der Waals surface area (Å²) in [5.41, 5.74) is 0.629. The summed E-state index contributed by atoms with van der Waals surface area (Å²) in [6.45, 7) is 3.03. The van der Waals surface area contributed by atoms with E-state index in [0.717, 1.165) is 0 Å². The van der Waals surface area contributed by atoms with Crippen molar-refractivity contribution < 1.29 is 14.4 Å². The summed E-state index contributed by atoms with van der Waals surface area (Å²) >= 11 is 0. The van der Waals surface area contributed by atoms with Gasteiger partial charge in [0.2, 0.25) is 5.91 Å². The van der Waals surface area contributed by atoms with Crippen LogP contribution in [0.15, 0.2) is 18.3 Å². The van der Waals surface area contributed by atoms with Gasteiger partial charge in [-0.1, -0.05) is 6.92 Å². The molecule has 1 aromatic heterocycles. The van der Waals surface area contributed by atoms with Crippen LogP contribution in [-0.4, -0.2) is 51.6 Å². The van der Waals surface area contributed by atoms with Crippen LogP contribution in [-0.2, 0) is 4.79 Å². The summed E-state index contributed by atoms with van der Waals surface area (Å²) in [5.74, 6) is -0.447. The van der Waals surface area contributed by atoms with Crippen LogP contribution in [0.4, 0.5) is 0 Å². The first-order valence-electron chi connectivity index (χ1n) is 7.24. The monoisotopic (exact) mass is 287 g/mol. The van der Waals surface area contributed by atoms with Crippen LogP contribution in [0.3, 0.4) is 0 Å². The number of amides is 3. The first kappa shape index (κ1) is 13.7. The van der Waals surface area contributed by atoms with E-state index in [0.29, 0.717) is 37.9 Å². The lowest BCUT2D eigenvalue weighted by Gasteiger charge is -2.35. The molecule has 6 heteroatoms. The fourth-order valence-electron chi connectivity index (χ4n) is 3.01. The Hall–Kier alpha value is -2.24. The minimum atomic E-state index is -0.309. The summed E-state index contributed by atoms with van der Waals surface area (Å²) in [5, 5.41) is 0. The van der Waals surface area contributed by atoms with Crippen molar-refractivity contribution in [1.82, 2.24) is 14.8 Å². The number of pyridine rings is 1. The van der Waals surface area contributed by atoms with Crippen molar-refractivity contribution in [2.24, 2.45) is 0 Å². The van der Waals surface area contributed by atoms with Crippen molar-refractivity contribution in [3.05, 3.63) is 29.6 Å². The summed E-state index contributed by atoms with van der Waals surface area (Å²) in [7, 11) is 0. The van der Waals surface area contributed by atoms with Gasteiger partial charge in [0.25, 0.3) is 11.8 Å². The Labute approximate surface area is 122 Å². The lowest BCUT2D eigenvalue weighted by Crippen LogP contribution is -2.48. The van der Waals surface area contributed by atoms with Crippen molar-refractivity contribution in [3.8, 4) is 0 Å². The summed E-state index contributed by atoms with van der Waals surface area (Å²) in [4.78, 5) is 43.5. The fourth-order valence-corrected chi connectivity index (χ4v) is 3.01. The lowest BCUT2D eigenvalue weighted by atomic mass is 10.0. The Morgan fingerprint density at radius 3 is 2.62 bits per heavy atom. The molecule has 0 atom stereocenters. The third-order valence-corrected chi connectivity index (χ3v) is 4.16. The third kappa shape index (κ3) is 2.20. The normalized spacial score (nSPS) is 19.1. The van der Waals surface area contributed by atoms with Gasteiger partial charge in [-0.2, -0.15) is 0 Å². The summed E-state index contributed by atoms with van der Waals surface area (Å²) < 4.78 is 0. The SMILES string of the molecule is CCC(=O)N1CCC(N2C(=O)c3cccnc3C2=O)CC1. The molecule has 0 spiro atoms. The molecule has 0 radical (unpaired) electrons. The van der Waals surface area contributed by atoms with Crippen LogP contribution in [0.5, 0.6) is 0 Å². The molecular formula is C15H17N3O3. The van der Waals surface area contributed by atoms with Crippen LogP contribution in [0.2, 0.25) is 0 Å². The van der Waals surface area contributed by atoms with Gasteiger partial charge in [-0.15, -0.1) is 0 Å². The molecule has 110 valence electrons. The minimum absolute atomic E-state index is 0.123. The van der Waals surface area contributed by atoms with E-state index in [1.54, 1.807) is 17.0 Å². The first-order valence-corrected chi connectivity index (χ1v) is 7.24. The number of hydrogen-bond donors (Lipinski definition) is 0. The largest absolute Gasteiger partial charge is 0.343 e. The zero-order chi connectivity index (χ0) is 15.0. The van der Waals surface area contributed by atoms with Gasteiger partial charge in [0.15, 0.2) is 0 Å². The number of aromatic nitrogens is 1. The fraction of sp³-hybridized carbons (Fsp3) is 0.467. The molecule has 1 saturated heterocycles. The molecule has 1 fully saturated rings. The number of hydrogen-bond acceptors (Lipinski definition) is 4. The molecule has 2 aliphatic heterocycles. The minimum Gasteiger partial charge on any atom is -0.343 e. The molecule has 6 nitrogen and oxygen atoms in total. The quantitative estimate of drug-likeness (QED) is 0.763. The molecule has 0 aliphatic carbocycles. The molecule has 3 amide bonds. The predicted octanol–water partition coefficient (Wildman–Crippen LogP) is 1.08. The van der Waals surface area contributed by atoms with E-state index in [2.05, 4.69) is 4.98 Å². The Morgan fingerprint density at radius 2 is 2.00 bits per heavy atom. The van der Waals surface area contributed by atoms with E-state index in [1.807, 2.05) is 6.92 Å². The number of piperidine rings is 1. The average Bonchev–Trinajstić information content (AvgIpc) is 2.79. The smallest absolute Gasteiger partial charge is 0.280 e. The summed E-state index contributed by atoms with van der Waals surface area (Å²) in [6, 6.07) is 3.16. The highest BCUT2D eigenvalue weighted by Gasteiger charge is 2.41. The number of carbonyl (C=O) groups is 3. The van der Waals surface area contributed by atoms with Gasteiger partial charge in [0.05, 0.1) is 5.56 Å². The van der Waals surface area contributed by atoms with Gasteiger partial charge in [-0.3, -0.25) is 24.3 Å². The highest BCUT2D eigenvalue weighted by atomic mass is 16.2. The number of fused-ring (bicyclic) bond motifs is 1. The van der Waals surface area contributed by atoms with E-state index >= 15 is 0 Å². The van der Waals surface area contributed by atoms with Crippen LogP contribution < -0.4 is 0 Å². The maximum atomic E-state index is 12.4. The molecule has 1 aromatic rings. The highest BCUT2D eigenvalue weighted by Crippen LogP contribution is 2.27. The van der Waals surface area contributed by atoms with Gasteiger partial charge in [-0.25, -0.2) is 0 Å². The second-order valence-corrected chi connectivity index (χ2v) is 5.35. The molecule has 21 heavy (non-hydrogen) atoms. The van der Waals surface area contributed by atoms with Crippen molar-refractivity contribution in [2.45, 2.75) is 32.2 Å². The van der Waals surface area contributed by atoms with E-state index in [1.165, 1.54) is 11.1 Å². The molecule has 0 bridgehead atoms. The van der Waals surface area contributed by atoms with E-state index in [-0.39, 0.29) is 29.5 Å². The lowest BCUT2D eigenvalue weighted by molar-refractivity contribution is -0.132. The van der Waals surface area contributed by atoms with Crippen molar-refractivity contribution in [2.75, 3.05) is 13.1 Å². The van der Waals surface area contributed by atoms with Gasteiger partial charge >= 0.3 is 0 Å². The number of carbonyl (C=O) groups excluding carboxylic acids is 3. The van der Waals surface area contributed by atoms with Gasteiger partial charge in [-0.05, 0) is 25.0 Å². The van der Waals surface area contributed by atoms with Crippen LogP contribution in [0.1, 0.15) is 47.0 Å². The Kier molecular flexibility index (Phi) is 3.45. The molecule has 0 N–H and O–H groups in total. The molecule has 0 unspecified atom stereocenters. The van der Waals surface area contributed by atoms with Crippen LogP contribution in [0, 0.1) is 0 Å². The first-order chi connectivity index (χ1) is 10.1. The molecule has 0 saturated carbocycles. The number of likely N-dealkylation sites (tertiary alicyclic amines) is 1. The standard InChI is InChI=1S/C15H17N3O3/c1-2-12(19)17-8-5-10(6-9-17)18-14(20)11-4-3-7-16-13(11)15(18)21/h3-4,7,10H,2,5-6,8-9H2,1H3. The van der Waals surface area contributed by atoms with Crippen molar-refractivity contribution in [3.63, 3.8) is 0 Å². The van der Waals surface area contributed by atoms with E-state index in [9.17, 15) is 14.4 Å². The number of imide groups is 1. The third-order valence-electron chi connectivity index (χ3n) is 4.16. The molecular weight excluding hydrogens is 270 g/mol. The van der Waals surface area contributed by atoms with Crippen molar-refractivity contribution in [1.29, 1.82) is 0 Å². The molecule has 2 aliphatic rings. The Bertz CT molecular complexity index is 571. The molecule has 3 heterocycles. The van der Waals surface area contributed by atoms with Crippen molar-refractivity contribution >= 4 is 17.7 Å². The average molecular weight is 287 g/mol. The van der Waals surface area contributed by atoms with Crippen LogP contribution in [0.25, 0.3) is 0 Å². The second kappa shape index (κ2) is 5.27. The van der Waals surface area contributed by atoms with Gasteiger partial charge in [0.1, 0.15) is 5.69 Å². The Balaban J connectivity index is 1.74. The van der Waals surface area contributed by atoms with E-state index in [4.69, 9.17) is 0 Å². The highest BCUT2D eigenvalue weighted by molar-refractivity contribution is 6.20. The topological polar surface area (TPSA) is 70.6 Å². The van der Waals surface area contributed by atoms with Crippen LogP contribution >= 0.6 is 0 Å². The second-order valence-electron chi connectivity index (χ2n) is 5.35. The zero-order valence-electron chi connectivity index (χ0n) is 11.9. The predicted molar refractivity (Wildman–Crippen MR) is 74.6 cm³/mol. The zero-order valence-corrected chi connectivity index (χ0v) is 11.9. The Morgan fingerprint density at radius 1 is 1.29 bits per heavy atom. The van der Waals surface area contributed by atoms with Gasteiger partial charge < -0.3 is 4.90 Å². The summed E-state index contributed by atoms with van der Waals surface area (Å²) in [6.07, 6.45) is 3.28. The van der Waals surface area contributed by atoms with Gasteiger partial charge in [0, 0.05) is 31.7 Å². The maximum absolute atomic E-state index is 12.4. The number of rotatable bonds is 2. The number of nitrogens with zero attached hydrogens (tertiary/aromatic N) is 3. The van der Waals surface area contributed by atoms with E-state index < -0.39 is 0 Å². The maximum Gasteiger partial charge on any atom is 0.280 e.